The predicted octanol–water partition coefficient (Wildman–Crippen LogP) is 3.79. The Morgan fingerprint density at radius 1 is 1.15 bits per heavy atom. The van der Waals surface area contributed by atoms with Crippen molar-refractivity contribution in [1.29, 1.82) is 0 Å². The highest BCUT2D eigenvalue weighted by Gasteiger charge is 2.54. The molecule has 0 spiro atoms. The van der Waals surface area contributed by atoms with E-state index in [4.69, 9.17) is 5.73 Å². The molecular formula is C17H21N3. The van der Waals surface area contributed by atoms with E-state index in [0.29, 0.717) is 11.7 Å². The average molecular weight is 267 g/mol. The molecular weight excluding hydrogens is 246 g/mol. The third-order valence-electron chi connectivity index (χ3n) is 5.36. The molecule has 0 radical (unpaired) electrons. The van der Waals surface area contributed by atoms with Gasteiger partial charge in [0, 0.05) is 17.2 Å². The third kappa shape index (κ3) is 1.62. The van der Waals surface area contributed by atoms with Crippen LogP contribution in [0.15, 0.2) is 18.2 Å². The van der Waals surface area contributed by atoms with Crippen molar-refractivity contribution in [1.82, 2.24) is 10.2 Å². The highest BCUT2D eigenvalue weighted by atomic mass is 15.2. The molecule has 2 unspecified atom stereocenters. The monoisotopic (exact) mass is 267 g/mol. The van der Waals surface area contributed by atoms with Crippen molar-refractivity contribution >= 4 is 5.82 Å². The number of rotatable bonds is 2. The minimum absolute atomic E-state index is 0.647. The highest BCUT2D eigenvalue weighted by Crippen LogP contribution is 2.64. The standard InChI is InChI=1S/C17H21N3/c1-9-6-7-11(8-10(9)2)14-16(19-20-17(14)18)15-12-4-3-5-13(12)15/h6-8,12-13,15H,3-5H2,1-2H3,(H3,18,19,20). The molecule has 3 heteroatoms. The van der Waals surface area contributed by atoms with Gasteiger partial charge in [0.25, 0.3) is 0 Å². The Morgan fingerprint density at radius 3 is 2.60 bits per heavy atom. The van der Waals surface area contributed by atoms with Gasteiger partial charge in [-0.2, -0.15) is 5.10 Å². The van der Waals surface area contributed by atoms with E-state index in [1.165, 1.54) is 41.6 Å². The summed E-state index contributed by atoms with van der Waals surface area (Å²) in [7, 11) is 0. The van der Waals surface area contributed by atoms with Crippen molar-refractivity contribution in [2.45, 2.75) is 39.0 Å². The van der Waals surface area contributed by atoms with E-state index < -0.39 is 0 Å². The largest absolute Gasteiger partial charge is 0.382 e. The second-order valence-electron chi connectivity index (χ2n) is 6.48. The molecule has 2 aliphatic carbocycles. The van der Waals surface area contributed by atoms with E-state index in [2.05, 4.69) is 42.2 Å². The van der Waals surface area contributed by atoms with Crippen LogP contribution >= 0.6 is 0 Å². The Labute approximate surface area is 119 Å². The SMILES string of the molecule is Cc1ccc(-c2c(N)n[nH]c2C2C3CCCC32)cc1C. The molecule has 2 aliphatic rings. The molecule has 1 aromatic carbocycles. The first kappa shape index (κ1) is 12.0. The van der Waals surface area contributed by atoms with Gasteiger partial charge < -0.3 is 5.73 Å². The van der Waals surface area contributed by atoms with E-state index >= 15 is 0 Å². The Bertz CT molecular complexity index is 661. The van der Waals surface area contributed by atoms with Gasteiger partial charge in [0.05, 0.1) is 0 Å². The number of fused-ring (bicyclic) bond motifs is 1. The molecule has 20 heavy (non-hydrogen) atoms. The van der Waals surface area contributed by atoms with Gasteiger partial charge >= 0.3 is 0 Å². The van der Waals surface area contributed by atoms with Crippen LogP contribution in [0.25, 0.3) is 11.1 Å². The van der Waals surface area contributed by atoms with E-state index in [1.807, 2.05) is 0 Å². The van der Waals surface area contributed by atoms with E-state index in [0.717, 1.165) is 17.4 Å². The predicted molar refractivity (Wildman–Crippen MR) is 81.5 cm³/mol. The topological polar surface area (TPSA) is 54.7 Å². The molecule has 0 aliphatic heterocycles. The summed E-state index contributed by atoms with van der Waals surface area (Å²) >= 11 is 0. The molecule has 0 amide bonds. The maximum Gasteiger partial charge on any atom is 0.153 e. The van der Waals surface area contributed by atoms with Crippen LogP contribution in [-0.2, 0) is 0 Å². The van der Waals surface area contributed by atoms with E-state index in [1.54, 1.807) is 0 Å². The number of aromatic amines is 1. The molecule has 2 fully saturated rings. The quantitative estimate of drug-likeness (QED) is 0.869. The molecule has 104 valence electrons. The summed E-state index contributed by atoms with van der Waals surface area (Å²) in [5.74, 6) is 3.07. The first-order valence-corrected chi connectivity index (χ1v) is 7.58. The fourth-order valence-electron chi connectivity index (χ4n) is 4.06. The number of aryl methyl sites for hydroxylation is 2. The van der Waals surface area contributed by atoms with Crippen LogP contribution in [0.1, 0.15) is 42.0 Å². The number of nitrogen functional groups attached to an aromatic ring is 1. The van der Waals surface area contributed by atoms with Crippen molar-refractivity contribution in [3.05, 3.63) is 35.0 Å². The summed E-state index contributed by atoms with van der Waals surface area (Å²) in [6, 6.07) is 6.58. The maximum atomic E-state index is 6.14. The molecule has 2 atom stereocenters. The lowest BCUT2D eigenvalue weighted by Crippen LogP contribution is -1.94. The van der Waals surface area contributed by atoms with Gasteiger partial charge in [-0.25, -0.2) is 0 Å². The third-order valence-corrected chi connectivity index (χ3v) is 5.36. The molecule has 2 aromatic rings. The summed E-state index contributed by atoms with van der Waals surface area (Å²) < 4.78 is 0. The number of anilines is 1. The number of aromatic nitrogens is 2. The number of nitrogens with two attached hydrogens (primary N) is 1. The first-order valence-electron chi connectivity index (χ1n) is 7.58. The van der Waals surface area contributed by atoms with Crippen molar-refractivity contribution in [3.8, 4) is 11.1 Å². The number of hydrogen-bond donors (Lipinski definition) is 2. The zero-order valence-electron chi connectivity index (χ0n) is 12.1. The van der Waals surface area contributed by atoms with Gasteiger partial charge in [-0.05, 0) is 55.2 Å². The molecule has 0 bridgehead atoms. The Hall–Kier alpha value is -1.77. The van der Waals surface area contributed by atoms with Gasteiger partial charge in [-0.15, -0.1) is 0 Å². The fourth-order valence-corrected chi connectivity index (χ4v) is 4.06. The average Bonchev–Trinajstić information content (AvgIpc) is 2.78. The number of benzene rings is 1. The van der Waals surface area contributed by atoms with Crippen molar-refractivity contribution in [2.24, 2.45) is 11.8 Å². The minimum atomic E-state index is 0.647. The lowest BCUT2D eigenvalue weighted by molar-refractivity contribution is 0.670. The van der Waals surface area contributed by atoms with Crippen LogP contribution in [0.4, 0.5) is 5.82 Å². The van der Waals surface area contributed by atoms with Gasteiger partial charge in [0.2, 0.25) is 0 Å². The second kappa shape index (κ2) is 4.11. The molecule has 1 heterocycles. The van der Waals surface area contributed by atoms with Gasteiger partial charge in [0.15, 0.2) is 5.82 Å². The van der Waals surface area contributed by atoms with Crippen LogP contribution in [0.5, 0.6) is 0 Å². The van der Waals surface area contributed by atoms with E-state index in [-0.39, 0.29) is 0 Å². The second-order valence-corrected chi connectivity index (χ2v) is 6.48. The van der Waals surface area contributed by atoms with Gasteiger partial charge in [-0.3, -0.25) is 5.10 Å². The lowest BCUT2D eigenvalue weighted by atomic mass is 9.97. The molecule has 4 rings (SSSR count). The molecule has 3 N–H and O–H groups in total. The zero-order valence-corrected chi connectivity index (χ0v) is 12.1. The highest BCUT2D eigenvalue weighted by molar-refractivity contribution is 5.78. The molecule has 2 saturated carbocycles. The van der Waals surface area contributed by atoms with Crippen LogP contribution in [0.3, 0.4) is 0 Å². The van der Waals surface area contributed by atoms with Crippen LogP contribution < -0.4 is 5.73 Å². The normalized spacial score (nSPS) is 27.6. The zero-order chi connectivity index (χ0) is 13.9. The number of nitrogens with one attached hydrogen (secondary N) is 1. The number of nitrogens with zero attached hydrogens (tertiary/aromatic N) is 1. The van der Waals surface area contributed by atoms with Crippen molar-refractivity contribution in [2.75, 3.05) is 5.73 Å². The smallest absolute Gasteiger partial charge is 0.153 e. The number of hydrogen-bond acceptors (Lipinski definition) is 2. The maximum absolute atomic E-state index is 6.14. The Balaban J connectivity index is 1.78. The molecule has 0 saturated heterocycles. The summed E-state index contributed by atoms with van der Waals surface area (Å²) in [5, 5.41) is 7.51. The Kier molecular flexibility index (Phi) is 2.47. The molecule has 3 nitrogen and oxygen atoms in total. The lowest BCUT2D eigenvalue weighted by Gasteiger charge is -2.08. The van der Waals surface area contributed by atoms with Crippen molar-refractivity contribution < 1.29 is 0 Å². The van der Waals surface area contributed by atoms with Crippen molar-refractivity contribution in [3.63, 3.8) is 0 Å². The number of H-pyrrole nitrogens is 1. The summed E-state index contributed by atoms with van der Waals surface area (Å²) in [4.78, 5) is 0. The summed E-state index contributed by atoms with van der Waals surface area (Å²) in [6.07, 6.45) is 4.15. The van der Waals surface area contributed by atoms with E-state index in [9.17, 15) is 0 Å². The van der Waals surface area contributed by atoms with Crippen LogP contribution in [0, 0.1) is 25.7 Å². The summed E-state index contributed by atoms with van der Waals surface area (Å²) in [5.41, 5.74) is 12.4. The van der Waals surface area contributed by atoms with Crippen LogP contribution in [0.2, 0.25) is 0 Å². The van der Waals surface area contributed by atoms with Crippen LogP contribution in [-0.4, -0.2) is 10.2 Å². The Morgan fingerprint density at radius 2 is 1.90 bits per heavy atom. The van der Waals surface area contributed by atoms with Gasteiger partial charge in [0.1, 0.15) is 0 Å². The van der Waals surface area contributed by atoms with Gasteiger partial charge in [-0.1, -0.05) is 24.6 Å². The summed E-state index contributed by atoms with van der Waals surface area (Å²) in [6.45, 7) is 4.30. The molecule has 1 aromatic heterocycles. The first-order chi connectivity index (χ1) is 9.66. The fraction of sp³-hybridized carbons (Fsp3) is 0.471. The minimum Gasteiger partial charge on any atom is -0.382 e.